The van der Waals surface area contributed by atoms with E-state index in [1.807, 2.05) is 36.9 Å². The van der Waals surface area contributed by atoms with Gasteiger partial charge in [0.1, 0.15) is 5.76 Å². The molecule has 7 nitrogen and oxygen atoms in total. The van der Waals surface area contributed by atoms with Gasteiger partial charge in [0, 0.05) is 30.8 Å². The number of rotatable bonds is 5. The molecule has 2 amide bonds. The van der Waals surface area contributed by atoms with Gasteiger partial charge in [0.05, 0.1) is 27.9 Å². The van der Waals surface area contributed by atoms with Gasteiger partial charge in [-0.3, -0.25) is 14.5 Å². The number of likely N-dealkylation sites (tertiary alicyclic amines) is 2. The SMILES string of the molecule is Cc1noc(C)c1CN1CCC2(CC1)CCN(C(=O)c1ccc3c(c1)C(NC(=O)c1cc(C(F)(F)F)ccc1Cl)CC3)C2. The molecular weight excluding hydrogens is 581 g/mol. The lowest BCUT2D eigenvalue weighted by molar-refractivity contribution is -0.137. The van der Waals surface area contributed by atoms with E-state index in [4.69, 9.17) is 16.1 Å². The maximum absolute atomic E-state index is 13.6. The summed E-state index contributed by atoms with van der Waals surface area (Å²) >= 11 is 6.09. The van der Waals surface area contributed by atoms with Gasteiger partial charge >= 0.3 is 6.18 Å². The molecule has 2 saturated heterocycles. The number of nitrogens with one attached hydrogen (secondary N) is 1. The van der Waals surface area contributed by atoms with Gasteiger partial charge < -0.3 is 14.7 Å². The molecule has 2 aromatic carbocycles. The molecule has 2 fully saturated rings. The molecule has 6 rings (SSSR count). The number of carbonyl (C=O) groups is 2. The molecule has 3 aromatic rings. The van der Waals surface area contributed by atoms with E-state index in [2.05, 4.69) is 15.4 Å². The third kappa shape index (κ3) is 5.91. The van der Waals surface area contributed by atoms with Crippen LogP contribution in [0.5, 0.6) is 0 Å². The Balaban J connectivity index is 1.10. The van der Waals surface area contributed by atoms with E-state index >= 15 is 0 Å². The minimum absolute atomic E-state index is 0.0317. The zero-order chi connectivity index (χ0) is 30.5. The fraction of sp³-hybridized carbons (Fsp3) is 0.469. The van der Waals surface area contributed by atoms with Gasteiger partial charge in [0.15, 0.2) is 0 Å². The summed E-state index contributed by atoms with van der Waals surface area (Å²) in [6.45, 7) is 8.09. The van der Waals surface area contributed by atoms with Crippen LogP contribution < -0.4 is 5.32 Å². The van der Waals surface area contributed by atoms with Crippen LogP contribution >= 0.6 is 11.6 Å². The molecule has 1 spiro atoms. The molecule has 1 aromatic heterocycles. The average molecular weight is 615 g/mol. The highest BCUT2D eigenvalue weighted by Crippen LogP contribution is 2.42. The van der Waals surface area contributed by atoms with Crippen molar-refractivity contribution in [2.24, 2.45) is 5.41 Å². The lowest BCUT2D eigenvalue weighted by Gasteiger charge is -2.39. The second-order valence-corrected chi connectivity index (χ2v) is 12.6. The molecule has 1 aliphatic carbocycles. The first-order valence-corrected chi connectivity index (χ1v) is 15.0. The summed E-state index contributed by atoms with van der Waals surface area (Å²) in [7, 11) is 0. The molecule has 0 bridgehead atoms. The van der Waals surface area contributed by atoms with Gasteiger partial charge in [-0.1, -0.05) is 22.8 Å². The molecule has 2 aliphatic heterocycles. The molecule has 43 heavy (non-hydrogen) atoms. The van der Waals surface area contributed by atoms with Gasteiger partial charge in [-0.15, -0.1) is 0 Å². The first-order chi connectivity index (χ1) is 20.4. The van der Waals surface area contributed by atoms with Gasteiger partial charge in [-0.25, -0.2) is 0 Å². The number of carbonyl (C=O) groups excluding carboxylic acids is 2. The van der Waals surface area contributed by atoms with Crippen molar-refractivity contribution in [1.82, 2.24) is 20.3 Å². The standard InChI is InChI=1S/C32H34ClF3N4O3/c1-19-26(20(2)43-38-19)17-39-12-9-31(10-13-39)11-14-40(18-31)30(42)22-4-3-21-5-8-28(24(21)15-22)37-29(41)25-16-23(32(34,35)36)6-7-27(25)33/h3-4,6-7,15-16,28H,5,8-14,17-18H2,1-2H3,(H,37,41). The topological polar surface area (TPSA) is 78.7 Å². The number of hydrogen-bond donors (Lipinski definition) is 1. The molecule has 3 aliphatic rings. The molecule has 0 radical (unpaired) electrons. The molecule has 1 atom stereocenters. The Labute approximate surface area is 253 Å². The van der Waals surface area contributed by atoms with Crippen LogP contribution in [0.1, 0.15) is 86.1 Å². The summed E-state index contributed by atoms with van der Waals surface area (Å²) in [6.07, 6.45) is -0.280. The Morgan fingerprint density at radius 1 is 1.09 bits per heavy atom. The summed E-state index contributed by atoms with van der Waals surface area (Å²) < 4.78 is 45.0. The second-order valence-electron chi connectivity index (χ2n) is 12.2. The Hall–Kier alpha value is -3.37. The quantitative estimate of drug-likeness (QED) is 0.355. The van der Waals surface area contributed by atoms with Crippen LogP contribution in [0.4, 0.5) is 13.2 Å². The van der Waals surface area contributed by atoms with E-state index in [1.54, 1.807) is 0 Å². The number of nitrogens with zero attached hydrogens (tertiary/aromatic N) is 3. The summed E-state index contributed by atoms with van der Waals surface area (Å²) in [5, 5.41) is 6.87. The first-order valence-electron chi connectivity index (χ1n) is 14.7. The number of halogens is 4. The van der Waals surface area contributed by atoms with Crippen molar-refractivity contribution in [3.8, 4) is 0 Å². The molecule has 0 saturated carbocycles. The van der Waals surface area contributed by atoms with Gasteiger partial charge in [-0.2, -0.15) is 13.2 Å². The molecule has 3 heterocycles. The summed E-state index contributed by atoms with van der Waals surface area (Å²) in [6, 6.07) is 7.89. The third-order valence-corrected chi connectivity index (χ3v) is 9.85. The second kappa shape index (κ2) is 11.3. The molecule has 1 unspecified atom stereocenters. The highest BCUT2D eigenvalue weighted by Gasteiger charge is 2.42. The molecular formula is C32H34ClF3N4O3. The van der Waals surface area contributed by atoms with Crippen LogP contribution in [-0.4, -0.2) is 52.9 Å². The van der Waals surface area contributed by atoms with Crippen molar-refractivity contribution in [3.63, 3.8) is 0 Å². The number of amides is 2. The fourth-order valence-electron chi connectivity index (χ4n) is 6.83. The highest BCUT2D eigenvalue weighted by molar-refractivity contribution is 6.33. The van der Waals surface area contributed by atoms with E-state index < -0.39 is 23.7 Å². The summed E-state index contributed by atoms with van der Waals surface area (Å²) in [4.78, 5) is 31.0. The predicted octanol–water partition coefficient (Wildman–Crippen LogP) is 6.51. The van der Waals surface area contributed by atoms with Gasteiger partial charge in [-0.05, 0) is 106 Å². The van der Waals surface area contributed by atoms with Crippen molar-refractivity contribution < 1.29 is 27.3 Å². The largest absolute Gasteiger partial charge is 0.416 e. The van der Waals surface area contributed by atoms with Crippen molar-refractivity contribution in [2.75, 3.05) is 26.2 Å². The van der Waals surface area contributed by atoms with Crippen LogP contribution in [-0.2, 0) is 19.1 Å². The van der Waals surface area contributed by atoms with Crippen LogP contribution in [0, 0.1) is 19.3 Å². The van der Waals surface area contributed by atoms with E-state index in [0.717, 1.165) is 91.8 Å². The maximum Gasteiger partial charge on any atom is 0.416 e. The smallest absolute Gasteiger partial charge is 0.361 e. The van der Waals surface area contributed by atoms with E-state index in [0.29, 0.717) is 24.9 Å². The zero-order valence-corrected chi connectivity index (χ0v) is 24.9. The lowest BCUT2D eigenvalue weighted by Crippen LogP contribution is -2.42. The normalized spacial score (nSPS) is 20.0. The van der Waals surface area contributed by atoms with Gasteiger partial charge in [0.25, 0.3) is 11.8 Å². The Bertz CT molecular complexity index is 1540. The first kappa shape index (κ1) is 29.7. The Morgan fingerprint density at radius 3 is 2.53 bits per heavy atom. The summed E-state index contributed by atoms with van der Waals surface area (Å²) in [5.41, 5.74) is 3.44. The number of hydrogen-bond acceptors (Lipinski definition) is 5. The summed E-state index contributed by atoms with van der Waals surface area (Å²) in [5.74, 6) is 0.162. The number of fused-ring (bicyclic) bond motifs is 1. The minimum atomic E-state index is -4.59. The monoisotopic (exact) mass is 614 g/mol. The third-order valence-electron chi connectivity index (χ3n) is 9.52. The van der Waals surface area contributed by atoms with Crippen molar-refractivity contribution in [1.29, 1.82) is 0 Å². The lowest BCUT2D eigenvalue weighted by atomic mass is 9.77. The number of benzene rings is 2. The minimum Gasteiger partial charge on any atom is -0.361 e. The maximum atomic E-state index is 13.6. The van der Waals surface area contributed by atoms with Crippen molar-refractivity contribution >= 4 is 23.4 Å². The van der Waals surface area contributed by atoms with E-state index in [1.165, 1.54) is 0 Å². The Kier molecular flexibility index (Phi) is 7.79. The van der Waals surface area contributed by atoms with Gasteiger partial charge in [0.2, 0.25) is 0 Å². The van der Waals surface area contributed by atoms with Crippen LogP contribution in [0.15, 0.2) is 40.9 Å². The number of piperidine rings is 1. The zero-order valence-electron chi connectivity index (χ0n) is 24.2. The molecule has 11 heteroatoms. The van der Waals surface area contributed by atoms with Crippen molar-refractivity contribution in [2.45, 2.75) is 64.7 Å². The number of alkyl halides is 3. The van der Waals surface area contributed by atoms with Crippen LogP contribution in [0.3, 0.4) is 0 Å². The van der Waals surface area contributed by atoms with E-state index in [9.17, 15) is 22.8 Å². The number of aromatic nitrogens is 1. The van der Waals surface area contributed by atoms with Crippen molar-refractivity contribution in [3.05, 3.63) is 86.3 Å². The Morgan fingerprint density at radius 2 is 1.84 bits per heavy atom. The molecule has 228 valence electrons. The van der Waals surface area contributed by atoms with E-state index in [-0.39, 0.29) is 21.9 Å². The van der Waals surface area contributed by atoms with Crippen LogP contribution in [0.25, 0.3) is 0 Å². The fourth-order valence-corrected chi connectivity index (χ4v) is 7.04. The molecule has 1 N–H and O–H groups in total. The number of aryl methyl sites for hydroxylation is 3. The average Bonchev–Trinajstić information content (AvgIpc) is 3.67. The van der Waals surface area contributed by atoms with Crippen LogP contribution in [0.2, 0.25) is 5.02 Å². The predicted molar refractivity (Wildman–Crippen MR) is 155 cm³/mol. The highest BCUT2D eigenvalue weighted by atomic mass is 35.5.